The van der Waals surface area contributed by atoms with E-state index >= 15 is 0 Å². The number of nitrogens with zero attached hydrogens (tertiary/aromatic N) is 2. The maximum atomic E-state index is 6.09. The Bertz CT molecular complexity index is 373. The summed E-state index contributed by atoms with van der Waals surface area (Å²) in [6.07, 6.45) is 1.03. The second kappa shape index (κ2) is 6.64. The summed E-state index contributed by atoms with van der Waals surface area (Å²) < 4.78 is 7.21. The van der Waals surface area contributed by atoms with Crippen LogP contribution in [0, 0.1) is 12.8 Å². The van der Waals surface area contributed by atoms with E-state index in [4.69, 9.17) is 10.5 Å². The number of anilines is 2. The van der Waals surface area contributed by atoms with Crippen LogP contribution in [0.15, 0.2) is 0 Å². The number of hydrogen-bond acceptors (Lipinski definition) is 4. The summed E-state index contributed by atoms with van der Waals surface area (Å²) in [6, 6.07) is 0.240. The zero-order valence-electron chi connectivity index (χ0n) is 12.2. The van der Waals surface area contributed by atoms with Crippen molar-refractivity contribution in [1.82, 2.24) is 9.78 Å². The molecule has 0 radical (unpaired) electrons. The van der Waals surface area contributed by atoms with E-state index in [1.807, 2.05) is 11.6 Å². The van der Waals surface area contributed by atoms with Gasteiger partial charge in [0, 0.05) is 13.7 Å². The molecular formula is C13H26N4O. The van der Waals surface area contributed by atoms with Crippen molar-refractivity contribution in [2.75, 3.05) is 24.8 Å². The van der Waals surface area contributed by atoms with Gasteiger partial charge in [-0.2, -0.15) is 5.10 Å². The highest BCUT2D eigenvalue weighted by Crippen LogP contribution is 2.24. The van der Waals surface area contributed by atoms with Gasteiger partial charge in [0.05, 0.1) is 24.0 Å². The van der Waals surface area contributed by atoms with Crippen molar-refractivity contribution < 1.29 is 4.74 Å². The second-order valence-corrected chi connectivity index (χ2v) is 5.02. The smallest absolute Gasteiger partial charge is 0.148 e. The predicted octanol–water partition coefficient (Wildman–Crippen LogP) is 2.27. The van der Waals surface area contributed by atoms with Crippen LogP contribution in [0.25, 0.3) is 0 Å². The molecule has 0 aliphatic carbocycles. The molecule has 5 heteroatoms. The first-order chi connectivity index (χ1) is 8.51. The Morgan fingerprint density at radius 2 is 2.11 bits per heavy atom. The minimum atomic E-state index is 0.240. The molecule has 0 aliphatic rings. The first-order valence-electron chi connectivity index (χ1n) is 6.59. The van der Waals surface area contributed by atoms with Crippen LogP contribution in [0.2, 0.25) is 0 Å². The number of aromatic nitrogens is 2. The lowest BCUT2D eigenvalue weighted by atomic mass is 10.1. The normalized spacial score (nSPS) is 13.0. The van der Waals surface area contributed by atoms with E-state index in [9.17, 15) is 0 Å². The molecule has 0 saturated heterocycles. The van der Waals surface area contributed by atoms with Crippen LogP contribution in [0.1, 0.15) is 32.9 Å². The number of methoxy groups -OCH3 is 1. The van der Waals surface area contributed by atoms with E-state index in [2.05, 4.69) is 31.2 Å². The van der Waals surface area contributed by atoms with Gasteiger partial charge < -0.3 is 15.8 Å². The van der Waals surface area contributed by atoms with Crippen LogP contribution in [-0.2, 0) is 11.3 Å². The maximum Gasteiger partial charge on any atom is 0.148 e. The van der Waals surface area contributed by atoms with Crippen molar-refractivity contribution in [3.05, 3.63) is 5.69 Å². The molecule has 5 nitrogen and oxygen atoms in total. The molecule has 0 aromatic carbocycles. The van der Waals surface area contributed by atoms with Gasteiger partial charge in [-0.1, -0.05) is 20.8 Å². The topological polar surface area (TPSA) is 65.1 Å². The molecule has 1 unspecified atom stereocenters. The van der Waals surface area contributed by atoms with E-state index in [1.54, 1.807) is 7.11 Å². The predicted molar refractivity (Wildman–Crippen MR) is 75.8 cm³/mol. The third kappa shape index (κ3) is 3.38. The van der Waals surface area contributed by atoms with Gasteiger partial charge in [-0.3, -0.25) is 0 Å². The number of hydrogen-bond donors (Lipinski definition) is 2. The average Bonchev–Trinajstić information content (AvgIpc) is 2.56. The second-order valence-electron chi connectivity index (χ2n) is 5.02. The molecular weight excluding hydrogens is 228 g/mol. The van der Waals surface area contributed by atoms with Gasteiger partial charge in [-0.25, -0.2) is 4.68 Å². The SMILES string of the molecule is CCCn1nc(C)c(N)c1NC(COC)C(C)C. The number of aryl methyl sites for hydroxylation is 2. The number of nitrogens with one attached hydrogen (secondary N) is 1. The van der Waals surface area contributed by atoms with Crippen molar-refractivity contribution in [2.24, 2.45) is 5.92 Å². The number of nitrogens with two attached hydrogens (primary N) is 1. The van der Waals surface area contributed by atoms with Gasteiger partial charge in [0.25, 0.3) is 0 Å². The quantitative estimate of drug-likeness (QED) is 0.783. The zero-order chi connectivity index (χ0) is 13.7. The van der Waals surface area contributed by atoms with E-state index in [0.29, 0.717) is 12.5 Å². The summed E-state index contributed by atoms with van der Waals surface area (Å²) in [4.78, 5) is 0. The average molecular weight is 254 g/mol. The summed E-state index contributed by atoms with van der Waals surface area (Å²) in [5.74, 6) is 1.39. The highest BCUT2D eigenvalue weighted by atomic mass is 16.5. The minimum Gasteiger partial charge on any atom is -0.394 e. The number of rotatable bonds is 7. The van der Waals surface area contributed by atoms with Crippen LogP contribution in [0.3, 0.4) is 0 Å². The van der Waals surface area contributed by atoms with E-state index < -0.39 is 0 Å². The fourth-order valence-corrected chi connectivity index (χ4v) is 1.88. The van der Waals surface area contributed by atoms with Crippen molar-refractivity contribution in [3.63, 3.8) is 0 Å². The Morgan fingerprint density at radius 3 is 2.61 bits per heavy atom. The molecule has 1 rings (SSSR count). The molecule has 0 fully saturated rings. The van der Waals surface area contributed by atoms with E-state index in [-0.39, 0.29) is 6.04 Å². The monoisotopic (exact) mass is 254 g/mol. The third-order valence-electron chi connectivity index (χ3n) is 3.08. The van der Waals surface area contributed by atoms with Gasteiger partial charge in [-0.05, 0) is 19.3 Å². The first-order valence-corrected chi connectivity index (χ1v) is 6.59. The van der Waals surface area contributed by atoms with Gasteiger partial charge in [0.1, 0.15) is 5.82 Å². The summed E-state index contributed by atoms with van der Waals surface area (Å²) in [5, 5.41) is 7.93. The van der Waals surface area contributed by atoms with Crippen molar-refractivity contribution >= 4 is 11.5 Å². The molecule has 3 N–H and O–H groups in total. The Morgan fingerprint density at radius 1 is 1.44 bits per heavy atom. The molecule has 0 bridgehead atoms. The van der Waals surface area contributed by atoms with Crippen molar-refractivity contribution in [3.8, 4) is 0 Å². The van der Waals surface area contributed by atoms with Crippen molar-refractivity contribution in [2.45, 2.75) is 46.7 Å². The largest absolute Gasteiger partial charge is 0.394 e. The molecule has 104 valence electrons. The molecule has 1 heterocycles. The summed E-state index contributed by atoms with van der Waals surface area (Å²) >= 11 is 0. The van der Waals surface area contributed by atoms with Crippen molar-refractivity contribution in [1.29, 1.82) is 0 Å². The molecule has 0 spiro atoms. The van der Waals surface area contributed by atoms with Crippen LogP contribution < -0.4 is 11.1 Å². The lowest BCUT2D eigenvalue weighted by molar-refractivity contribution is 0.171. The van der Waals surface area contributed by atoms with E-state index in [0.717, 1.165) is 30.2 Å². The summed E-state index contributed by atoms with van der Waals surface area (Å²) in [6.45, 7) is 9.94. The number of ether oxygens (including phenoxy) is 1. The van der Waals surface area contributed by atoms with Crippen LogP contribution in [-0.4, -0.2) is 29.5 Å². The first kappa shape index (κ1) is 14.8. The molecule has 18 heavy (non-hydrogen) atoms. The highest BCUT2D eigenvalue weighted by molar-refractivity contribution is 5.65. The van der Waals surface area contributed by atoms with Crippen LogP contribution >= 0.6 is 0 Å². The van der Waals surface area contributed by atoms with Crippen LogP contribution in [0.5, 0.6) is 0 Å². The Balaban J connectivity index is 2.93. The fourth-order valence-electron chi connectivity index (χ4n) is 1.88. The minimum absolute atomic E-state index is 0.240. The third-order valence-corrected chi connectivity index (χ3v) is 3.08. The van der Waals surface area contributed by atoms with Gasteiger partial charge in [0.2, 0.25) is 0 Å². The highest BCUT2D eigenvalue weighted by Gasteiger charge is 2.18. The van der Waals surface area contributed by atoms with Gasteiger partial charge in [-0.15, -0.1) is 0 Å². The lowest BCUT2D eigenvalue weighted by Crippen LogP contribution is -2.31. The molecule has 1 atom stereocenters. The van der Waals surface area contributed by atoms with Gasteiger partial charge in [0.15, 0.2) is 0 Å². The Kier molecular flexibility index (Phi) is 5.47. The lowest BCUT2D eigenvalue weighted by Gasteiger charge is -2.23. The Hall–Kier alpha value is -1.23. The molecule has 0 aliphatic heterocycles. The summed E-state index contributed by atoms with van der Waals surface area (Å²) in [7, 11) is 1.72. The number of nitrogen functional groups attached to an aromatic ring is 1. The summed E-state index contributed by atoms with van der Waals surface area (Å²) in [5.41, 5.74) is 7.71. The zero-order valence-corrected chi connectivity index (χ0v) is 12.2. The Labute approximate surface area is 110 Å². The molecule has 0 saturated carbocycles. The fraction of sp³-hybridized carbons (Fsp3) is 0.769. The standard InChI is InChI=1S/C13H26N4O/c1-6-7-17-13(12(14)10(4)16-17)15-11(8-18-5)9(2)3/h9,11,15H,6-8,14H2,1-5H3. The molecule has 0 amide bonds. The molecule has 1 aromatic rings. The maximum absolute atomic E-state index is 6.09. The van der Waals surface area contributed by atoms with Gasteiger partial charge >= 0.3 is 0 Å². The van der Waals surface area contributed by atoms with Crippen LogP contribution in [0.4, 0.5) is 11.5 Å². The van der Waals surface area contributed by atoms with E-state index in [1.165, 1.54) is 0 Å². The molecule has 1 aromatic heterocycles.